The highest BCUT2D eigenvalue weighted by Gasteiger charge is 2.14. The van der Waals surface area contributed by atoms with E-state index in [4.69, 9.17) is 16.4 Å². The molecular formula is C12H19N5O3. The standard InChI is InChI=1S/C12H19N5O3/c1-2-3-4-5-20-8-6-9(11(18)16-13)15-10(7-8)12(19)17-14/h6-7H,2-5,13-14H2,1H3,(H,16,18)(H,17,19). The number of carbonyl (C=O) groups is 2. The molecule has 20 heavy (non-hydrogen) atoms. The molecule has 0 radical (unpaired) electrons. The van der Waals surface area contributed by atoms with Gasteiger partial charge in [0.2, 0.25) is 0 Å². The Morgan fingerprint density at radius 3 is 2.15 bits per heavy atom. The Morgan fingerprint density at radius 2 is 1.70 bits per heavy atom. The van der Waals surface area contributed by atoms with Crippen LogP contribution in [0.5, 0.6) is 5.75 Å². The van der Waals surface area contributed by atoms with E-state index in [0.717, 1.165) is 19.3 Å². The van der Waals surface area contributed by atoms with Crippen LogP contribution in [0, 0.1) is 0 Å². The van der Waals surface area contributed by atoms with Crippen molar-refractivity contribution in [3.63, 3.8) is 0 Å². The minimum Gasteiger partial charge on any atom is -0.493 e. The maximum Gasteiger partial charge on any atom is 0.283 e. The van der Waals surface area contributed by atoms with Crippen LogP contribution in [-0.2, 0) is 0 Å². The molecule has 0 aliphatic rings. The first-order valence-corrected chi connectivity index (χ1v) is 6.29. The van der Waals surface area contributed by atoms with E-state index < -0.39 is 11.8 Å². The average molecular weight is 281 g/mol. The maximum atomic E-state index is 11.5. The summed E-state index contributed by atoms with van der Waals surface area (Å²) in [7, 11) is 0. The summed E-state index contributed by atoms with van der Waals surface area (Å²) in [5.41, 5.74) is 3.87. The Kier molecular flexibility index (Phi) is 6.41. The fraction of sp³-hybridized carbons (Fsp3) is 0.417. The van der Waals surface area contributed by atoms with Gasteiger partial charge >= 0.3 is 0 Å². The topological polar surface area (TPSA) is 132 Å². The zero-order valence-corrected chi connectivity index (χ0v) is 11.3. The Balaban J connectivity index is 2.91. The smallest absolute Gasteiger partial charge is 0.283 e. The van der Waals surface area contributed by atoms with E-state index in [9.17, 15) is 9.59 Å². The highest BCUT2D eigenvalue weighted by Crippen LogP contribution is 2.15. The monoisotopic (exact) mass is 281 g/mol. The molecule has 0 aromatic carbocycles. The Hall–Kier alpha value is -2.19. The van der Waals surface area contributed by atoms with Gasteiger partial charge in [-0.25, -0.2) is 16.7 Å². The van der Waals surface area contributed by atoms with Crippen molar-refractivity contribution < 1.29 is 14.3 Å². The third kappa shape index (κ3) is 4.48. The van der Waals surface area contributed by atoms with Crippen LogP contribution in [0.25, 0.3) is 0 Å². The van der Waals surface area contributed by atoms with Crippen molar-refractivity contribution in [1.29, 1.82) is 0 Å². The van der Waals surface area contributed by atoms with Gasteiger partial charge in [0, 0.05) is 12.1 Å². The van der Waals surface area contributed by atoms with Crippen LogP contribution in [0.3, 0.4) is 0 Å². The lowest BCUT2D eigenvalue weighted by Gasteiger charge is -2.09. The van der Waals surface area contributed by atoms with Gasteiger partial charge in [-0.05, 0) is 6.42 Å². The lowest BCUT2D eigenvalue weighted by molar-refractivity contribution is 0.0943. The van der Waals surface area contributed by atoms with E-state index >= 15 is 0 Å². The van der Waals surface area contributed by atoms with E-state index in [2.05, 4.69) is 11.9 Å². The number of unbranched alkanes of at least 4 members (excludes halogenated alkanes) is 2. The molecule has 8 heteroatoms. The molecule has 0 bridgehead atoms. The van der Waals surface area contributed by atoms with Crippen molar-refractivity contribution in [2.75, 3.05) is 6.61 Å². The van der Waals surface area contributed by atoms with E-state index in [1.54, 1.807) is 0 Å². The van der Waals surface area contributed by atoms with Crippen LogP contribution >= 0.6 is 0 Å². The molecule has 0 unspecified atom stereocenters. The second kappa shape index (κ2) is 8.08. The number of rotatable bonds is 7. The molecule has 0 aliphatic heterocycles. The first-order valence-electron chi connectivity index (χ1n) is 6.29. The van der Waals surface area contributed by atoms with Gasteiger partial charge in [-0.2, -0.15) is 0 Å². The van der Waals surface area contributed by atoms with Crippen LogP contribution in [-0.4, -0.2) is 23.4 Å². The molecule has 8 nitrogen and oxygen atoms in total. The lowest BCUT2D eigenvalue weighted by Crippen LogP contribution is -2.33. The fourth-order valence-electron chi connectivity index (χ4n) is 1.51. The van der Waals surface area contributed by atoms with Crippen molar-refractivity contribution in [2.45, 2.75) is 26.2 Å². The fourth-order valence-corrected chi connectivity index (χ4v) is 1.51. The Bertz CT molecular complexity index is 444. The minimum absolute atomic E-state index is 0.0147. The number of amides is 2. The highest BCUT2D eigenvalue weighted by molar-refractivity contribution is 5.96. The van der Waals surface area contributed by atoms with Gasteiger partial charge in [0.25, 0.3) is 11.8 Å². The molecule has 6 N–H and O–H groups in total. The number of nitrogen functional groups attached to an aromatic ring is 2. The zero-order chi connectivity index (χ0) is 15.0. The molecule has 0 saturated heterocycles. The van der Waals surface area contributed by atoms with E-state index in [1.165, 1.54) is 12.1 Å². The van der Waals surface area contributed by atoms with Crippen molar-refractivity contribution in [3.05, 3.63) is 23.5 Å². The second-order valence-corrected chi connectivity index (χ2v) is 4.08. The molecule has 0 spiro atoms. The summed E-state index contributed by atoms with van der Waals surface area (Å²) in [6, 6.07) is 2.84. The van der Waals surface area contributed by atoms with E-state index in [-0.39, 0.29) is 11.4 Å². The number of carbonyl (C=O) groups excluding carboxylic acids is 2. The molecule has 0 saturated carbocycles. The number of nitrogens with one attached hydrogen (secondary N) is 2. The van der Waals surface area contributed by atoms with Gasteiger partial charge in [0.15, 0.2) is 0 Å². The maximum absolute atomic E-state index is 11.5. The van der Waals surface area contributed by atoms with Crippen LogP contribution < -0.4 is 27.3 Å². The number of ether oxygens (including phenoxy) is 1. The summed E-state index contributed by atoms with van der Waals surface area (Å²) < 4.78 is 5.50. The Labute approximate surface area is 116 Å². The molecule has 0 fully saturated rings. The molecule has 1 aromatic rings. The van der Waals surface area contributed by atoms with Crippen LogP contribution in [0.15, 0.2) is 12.1 Å². The number of hydrazine groups is 2. The lowest BCUT2D eigenvalue weighted by atomic mass is 10.2. The number of pyridine rings is 1. The molecule has 0 atom stereocenters. The summed E-state index contributed by atoms with van der Waals surface area (Å²) >= 11 is 0. The predicted octanol–water partition coefficient (Wildman–Crippen LogP) is -0.142. The van der Waals surface area contributed by atoms with Gasteiger partial charge in [-0.15, -0.1) is 0 Å². The van der Waals surface area contributed by atoms with E-state index in [1.807, 2.05) is 10.9 Å². The largest absolute Gasteiger partial charge is 0.493 e. The van der Waals surface area contributed by atoms with Crippen molar-refractivity contribution in [2.24, 2.45) is 11.7 Å². The van der Waals surface area contributed by atoms with Crippen LogP contribution in [0.1, 0.15) is 47.2 Å². The highest BCUT2D eigenvalue weighted by atomic mass is 16.5. The quantitative estimate of drug-likeness (QED) is 0.238. The van der Waals surface area contributed by atoms with Crippen LogP contribution in [0.2, 0.25) is 0 Å². The third-order valence-electron chi connectivity index (χ3n) is 2.54. The summed E-state index contributed by atoms with van der Waals surface area (Å²) in [5.74, 6) is 9.23. The van der Waals surface area contributed by atoms with Crippen molar-refractivity contribution >= 4 is 11.8 Å². The molecule has 1 rings (SSSR count). The van der Waals surface area contributed by atoms with Gasteiger partial charge in [0.05, 0.1) is 6.61 Å². The number of nitrogens with zero attached hydrogens (tertiary/aromatic N) is 1. The molecule has 2 amide bonds. The van der Waals surface area contributed by atoms with E-state index in [0.29, 0.717) is 12.4 Å². The summed E-state index contributed by atoms with van der Waals surface area (Å²) in [6.45, 7) is 2.57. The number of hydrogen-bond donors (Lipinski definition) is 4. The van der Waals surface area contributed by atoms with Gasteiger partial charge in [-0.1, -0.05) is 19.8 Å². The average Bonchev–Trinajstić information content (AvgIpc) is 2.49. The van der Waals surface area contributed by atoms with Gasteiger partial charge in [0.1, 0.15) is 17.1 Å². The number of aromatic nitrogens is 1. The normalized spacial score (nSPS) is 9.95. The Morgan fingerprint density at radius 1 is 1.15 bits per heavy atom. The minimum atomic E-state index is -0.616. The predicted molar refractivity (Wildman–Crippen MR) is 72.6 cm³/mol. The molecule has 0 aliphatic carbocycles. The third-order valence-corrected chi connectivity index (χ3v) is 2.54. The van der Waals surface area contributed by atoms with Crippen LogP contribution in [0.4, 0.5) is 0 Å². The van der Waals surface area contributed by atoms with Gasteiger partial charge < -0.3 is 4.74 Å². The first kappa shape index (κ1) is 15.9. The summed E-state index contributed by atoms with van der Waals surface area (Å²) in [5, 5.41) is 0. The second-order valence-electron chi connectivity index (χ2n) is 4.08. The van der Waals surface area contributed by atoms with Gasteiger partial charge in [-0.3, -0.25) is 20.4 Å². The molecule has 1 aromatic heterocycles. The summed E-state index contributed by atoms with van der Waals surface area (Å²) in [4.78, 5) is 26.8. The van der Waals surface area contributed by atoms with Crippen molar-refractivity contribution in [3.8, 4) is 5.75 Å². The number of hydrogen-bond acceptors (Lipinski definition) is 6. The molecule has 1 heterocycles. The van der Waals surface area contributed by atoms with Crippen molar-refractivity contribution in [1.82, 2.24) is 15.8 Å². The zero-order valence-electron chi connectivity index (χ0n) is 11.3. The SMILES string of the molecule is CCCCCOc1cc(C(=O)NN)nc(C(=O)NN)c1. The number of nitrogens with two attached hydrogens (primary N) is 2. The molecular weight excluding hydrogens is 262 g/mol. The molecule has 110 valence electrons. The summed E-state index contributed by atoms with van der Waals surface area (Å²) in [6.07, 6.45) is 2.99. The first-order chi connectivity index (χ1) is 9.62.